The molecule has 5 N–H and O–H groups in total. The van der Waals surface area contributed by atoms with Crippen LogP contribution in [0, 0.1) is 18.8 Å². The number of hydrogen-bond acceptors (Lipinski definition) is 8. The number of hydrogen-bond donors (Lipinski definition) is 5. The molecule has 1 saturated carbocycles. The van der Waals surface area contributed by atoms with Crippen molar-refractivity contribution in [1.82, 2.24) is 35.6 Å². The summed E-state index contributed by atoms with van der Waals surface area (Å²) in [6.07, 6.45) is 3.42. The van der Waals surface area contributed by atoms with Gasteiger partial charge < -0.3 is 21.1 Å². The zero-order valence-electron chi connectivity index (χ0n) is 28.3. The van der Waals surface area contributed by atoms with E-state index in [1.54, 1.807) is 36.4 Å². The fourth-order valence-corrected chi connectivity index (χ4v) is 8.38. The second-order valence-corrected chi connectivity index (χ2v) is 15.2. The highest BCUT2D eigenvalue weighted by atomic mass is 32.2. The Balaban J connectivity index is 1.21. The number of rotatable bonds is 12. The summed E-state index contributed by atoms with van der Waals surface area (Å²) in [6.45, 7) is 3.32. The Morgan fingerprint density at radius 3 is 2.39 bits per heavy atom. The second kappa shape index (κ2) is 15.8. The highest BCUT2D eigenvalue weighted by molar-refractivity contribution is 7.89. The van der Waals surface area contributed by atoms with Crippen LogP contribution in [0.5, 0.6) is 0 Å². The fourth-order valence-electron chi connectivity index (χ4n) is 6.83. The molecular weight excluding hydrogens is 673 g/mol. The summed E-state index contributed by atoms with van der Waals surface area (Å²) < 4.78 is 28.3. The average molecular weight is 715 g/mol. The first-order valence-electron chi connectivity index (χ1n) is 17.2. The molecule has 1 aromatic heterocycles. The highest BCUT2D eigenvalue weighted by Crippen LogP contribution is 2.31. The second-order valence-electron chi connectivity index (χ2n) is 13.3. The molecule has 1 saturated heterocycles. The van der Waals surface area contributed by atoms with Crippen molar-refractivity contribution in [1.29, 1.82) is 0 Å². The minimum Gasteiger partial charge on any atom is -0.465 e. The Bertz CT molecular complexity index is 1960. The lowest BCUT2D eigenvalue weighted by Gasteiger charge is -2.29. The highest BCUT2D eigenvalue weighted by Gasteiger charge is 2.31. The van der Waals surface area contributed by atoms with Gasteiger partial charge in [0.2, 0.25) is 21.8 Å². The number of carbonyl (C=O) groups is 3. The third-order valence-corrected chi connectivity index (χ3v) is 11.6. The van der Waals surface area contributed by atoms with Gasteiger partial charge in [0.15, 0.2) is 5.82 Å². The molecule has 1 aliphatic carbocycles. The summed E-state index contributed by atoms with van der Waals surface area (Å²) in [5, 5.41) is 31.1. The smallest absolute Gasteiger partial charge is 0.404 e. The Morgan fingerprint density at radius 2 is 1.71 bits per heavy atom. The van der Waals surface area contributed by atoms with Gasteiger partial charge in [0.05, 0.1) is 4.90 Å². The van der Waals surface area contributed by atoms with Gasteiger partial charge in [-0.2, -0.15) is 4.31 Å². The van der Waals surface area contributed by atoms with Crippen LogP contribution < -0.4 is 16.0 Å². The molecular formula is C36H42N8O6S. The number of nitrogens with one attached hydrogen (secondary N) is 4. The molecule has 0 unspecified atom stereocenters. The molecule has 14 nitrogen and oxygen atoms in total. The fraction of sp³-hybridized carbons (Fsp3) is 0.389. The van der Waals surface area contributed by atoms with Crippen molar-refractivity contribution in [3.8, 4) is 22.5 Å². The standard InChI is InChI=1S/C36H42N8O6S/c1-23-7-16-30(51(49,50)44-17-2-3-18-44)21-31(23)28-6-4-5-25(19-28)20-32(39-34(45)27-10-8-24(9-11-27)22-37-36(47)48)35(46)38-29-14-12-26(13-15-29)33-40-42-43-41-33/h4-7,12-16,19,21,24,27,32,37H,2-3,8-11,17-18,20,22H2,1H3,(H,38,46)(H,39,45)(H,47,48)(H,40,41,42,43)/t24-,27-,32-/m0/s1. The van der Waals surface area contributed by atoms with E-state index < -0.39 is 28.1 Å². The van der Waals surface area contributed by atoms with E-state index in [0.717, 1.165) is 40.7 Å². The Hall–Kier alpha value is -5.15. The number of carboxylic acid groups (broad SMARTS) is 1. The maximum absolute atomic E-state index is 13.8. The predicted molar refractivity (Wildman–Crippen MR) is 190 cm³/mol. The Labute approximate surface area is 296 Å². The van der Waals surface area contributed by atoms with Crippen molar-refractivity contribution in [2.45, 2.75) is 62.8 Å². The van der Waals surface area contributed by atoms with Crippen LogP contribution >= 0.6 is 0 Å². The molecule has 3 amide bonds. The van der Waals surface area contributed by atoms with Crippen molar-refractivity contribution in [3.05, 3.63) is 77.9 Å². The summed E-state index contributed by atoms with van der Waals surface area (Å²) in [4.78, 5) is 38.6. The molecule has 268 valence electrons. The Morgan fingerprint density at radius 1 is 0.961 bits per heavy atom. The zero-order valence-corrected chi connectivity index (χ0v) is 29.2. The van der Waals surface area contributed by atoms with E-state index in [1.807, 2.05) is 37.3 Å². The van der Waals surface area contributed by atoms with Gasteiger partial charge in [-0.15, -0.1) is 5.10 Å². The molecule has 1 atom stereocenters. The lowest BCUT2D eigenvalue weighted by molar-refractivity contribution is -0.130. The molecule has 0 bridgehead atoms. The largest absolute Gasteiger partial charge is 0.465 e. The molecule has 1 aliphatic heterocycles. The van der Waals surface area contributed by atoms with Crippen LogP contribution in [0.1, 0.15) is 49.7 Å². The van der Waals surface area contributed by atoms with Crippen LogP contribution in [0.2, 0.25) is 0 Å². The number of sulfonamides is 1. The Kier molecular flexibility index (Phi) is 11.1. The van der Waals surface area contributed by atoms with Gasteiger partial charge in [0.1, 0.15) is 6.04 Å². The quantitative estimate of drug-likeness (QED) is 0.141. The maximum atomic E-state index is 13.8. The van der Waals surface area contributed by atoms with Crippen LogP contribution in [-0.2, 0) is 26.0 Å². The third kappa shape index (κ3) is 8.78. The minimum absolute atomic E-state index is 0.162. The van der Waals surface area contributed by atoms with Crippen molar-refractivity contribution in [3.63, 3.8) is 0 Å². The monoisotopic (exact) mass is 714 g/mol. The predicted octanol–water partition coefficient (Wildman–Crippen LogP) is 4.37. The van der Waals surface area contributed by atoms with Gasteiger partial charge in [-0.05, 0) is 120 Å². The molecule has 4 aromatic rings. The number of H-pyrrole nitrogens is 1. The first-order valence-corrected chi connectivity index (χ1v) is 18.6. The number of anilines is 1. The van der Waals surface area contributed by atoms with Crippen LogP contribution in [0.15, 0.2) is 71.6 Å². The minimum atomic E-state index is -3.61. The number of benzene rings is 3. The molecule has 51 heavy (non-hydrogen) atoms. The first kappa shape index (κ1) is 35.7. The van der Waals surface area contributed by atoms with Crippen LogP contribution in [-0.4, -0.2) is 82.0 Å². The number of amides is 3. The molecule has 3 aromatic carbocycles. The van der Waals surface area contributed by atoms with Gasteiger partial charge in [0, 0.05) is 43.2 Å². The molecule has 2 heterocycles. The van der Waals surface area contributed by atoms with Crippen molar-refractivity contribution in [2.24, 2.45) is 11.8 Å². The lowest BCUT2D eigenvalue weighted by Crippen LogP contribution is -2.48. The van der Waals surface area contributed by atoms with Crippen molar-refractivity contribution < 1.29 is 27.9 Å². The maximum Gasteiger partial charge on any atom is 0.404 e. The van der Waals surface area contributed by atoms with E-state index in [9.17, 15) is 22.8 Å². The number of nitrogens with zero attached hydrogens (tertiary/aromatic N) is 4. The van der Waals surface area contributed by atoms with Gasteiger partial charge >= 0.3 is 6.09 Å². The summed E-state index contributed by atoms with van der Waals surface area (Å²) in [5.74, 6) is -0.266. The van der Waals surface area contributed by atoms with E-state index in [4.69, 9.17) is 5.11 Å². The van der Waals surface area contributed by atoms with Crippen LogP contribution in [0.25, 0.3) is 22.5 Å². The molecule has 6 rings (SSSR count). The zero-order chi connectivity index (χ0) is 36.0. The SMILES string of the molecule is Cc1ccc(S(=O)(=O)N2CCCC2)cc1-c1cccc(C[C@H](NC(=O)[C@H]2CC[C@H](CNC(=O)O)CC2)C(=O)Nc2ccc(-c3nnn[nH]3)cc2)c1. The van der Waals surface area contributed by atoms with E-state index >= 15 is 0 Å². The van der Waals surface area contributed by atoms with Crippen molar-refractivity contribution in [2.75, 3.05) is 25.0 Å². The number of aromatic nitrogens is 4. The first-order chi connectivity index (χ1) is 24.6. The molecule has 15 heteroatoms. The number of carbonyl (C=O) groups excluding carboxylic acids is 2. The van der Waals surface area contributed by atoms with E-state index in [2.05, 4.69) is 36.6 Å². The van der Waals surface area contributed by atoms with Gasteiger partial charge in [-0.25, -0.2) is 18.3 Å². The van der Waals surface area contributed by atoms with E-state index in [0.29, 0.717) is 56.8 Å². The van der Waals surface area contributed by atoms with Gasteiger partial charge in [-0.3, -0.25) is 9.59 Å². The third-order valence-electron chi connectivity index (χ3n) is 9.75. The lowest BCUT2D eigenvalue weighted by atomic mass is 9.81. The average Bonchev–Trinajstić information content (AvgIpc) is 3.88. The summed E-state index contributed by atoms with van der Waals surface area (Å²) >= 11 is 0. The number of aryl methyl sites for hydroxylation is 1. The summed E-state index contributed by atoms with van der Waals surface area (Å²) in [5.41, 5.74) is 4.55. The summed E-state index contributed by atoms with van der Waals surface area (Å²) in [7, 11) is -3.61. The van der Waals surface area contributed by atoms with Crippen LogP contribution in [0.4, 0.5) is 10.5 Å². The number of tetrazole rings is 1. The normalized spacial score (nSPS) is 18.5. The van der Waals surface area contributed by atoms with E-state index in [-0.39, 0.29) is 29.1 Å². The molecule has 0 spiro atoms. The molecule has 2 aliphatic rings. The van der Waals surface area contributed by atoms with Gasteiger partial charge in [0.25, 0.3) is 0 Å². The molecule has 0 radical (unpaired) electrons. The summed E-state index contributed by atoms with van der Waals surface area (Å²) in [6, 6.07) is 18.9. The van der Waals surface area contributed by atoms with Crippen LogP contribution in [0.3, 0.4) is 0 Å². The number of aromatic amines is 1. The topological polar surface area (TPSA) is 199 Å². The van der Waals surface area contributed by atoms with Crippen molar-refractivity contribution >= 4 is 33.6 Å². The molecule has 2 fully saturated rings. The van der Waals surface area contributed by atoms with E-state index in [1.165, 1.54) is 4.31 Å². The van der Waals surface area contributed by atoms with Gasteiger partial charge in [-0.1, -0.05) is 30.3 Å².